The van der Waals surface area contributed by atoms with E-state index < -0.39 is 0 Å². The first-order chi connectivity index (χ1) is 16.2. The molecule has 0 aliphatic rings. The molecule has 0 N–H and O–H groups in total. The summed E-state index contributed by atoms with van der Waals surface area (Å²) >= 11 is 0. The van der Waals surface area contributed by atoms with E-state index in [-0.39, 0.29) is 0 Å². The molecule has 2 heterocycles. The maximum Gasteiger partial charge on any atom is 0.150 e. The third-order valence-electron chi connectivity index (χ3n) is 5.70. The van der Waals surface area contributed by atoms with Gasteiger partial charge in [0, 0.05) is 31.0 Å². The standard InChI is InChI=1S/C28H26N4O/c1-3-33-24-16-14-23(15-17-24)32-19-25(22-12-8-5-9-13-22)26-27(29-20-30-28(26)32)31(2)18-21-10-6-4-7-11-21/h4-17,19-20H,3,18H2,1-2H3. The summed E-state index contributed by atoms with van der Waals surface area (Å²) in [5, 5.41) is 1.04. The zero-order chi connectivity index (χ0) is 22.6. The summed E-state index contributed by atoms with van der Waals surface area (Å²) in [5.41, 5.74) is 5.38. The Bertz CT molecular complexity index is 1350. The summed E-state index contributed by atoms with van der Waals surface area (Å²) in [7, 11) is 2.08. The summed E-state index contributed by atoms with van der Waals surface area (Å²) in [4.78, 5) is 11.6. The maximum absolute atomic E-state index is 5.62. The molecule has 5 nitrogen and oxygen atoms in total. The van der Waals surface area contributed by atoms with E-state index in [9.17, 15) is 0 Å². The lowest BCUT2D eigenvalue weighted by molar-refractivity contribution is 0.340. The molecule has 164 valence electrons. The lowest BCUT2D eigenvalue weighted by Crippen LogP contribution is -2.18. The molecule has 5 rings (SSSR count). The van der Waals surface area contributed by atoms with Gasteiger partial charge in [0.2, 0.25) is 0 Å². The molecule has 3 aromatic carbocycles. The summed E-state index contributed by atoms with van der Waals surface area (Å²) in [6.07, 6.45) is 3.81. The highest BCUT2D eigenvalue weighted by molar-refractivity contribution is 6.02. The molecule has 2 aromatic heterocycles. The van der Waals surface area contributed by atoms with Crippen molar-refractivity contribution >= 4 is 16.9 Å². The maximum atomic E-state index is 5.62. The number of nitrogens with zero attached hydrogens (tertiary/aromatic N) is 4. The van der Waals surface area contributed by atoms with Crippen LogP contribution < -0.4 is 9.64 Å². The van der Waals surface area contributed by atoms with E-state index >= 15 is 0 Å². The predicted octanol–water partition coefficient (Wildman–Crippen LogP) is 6.12. The third-order valence-corrected chi connectivity index (χ3v) is 5.70. The van der Waals surface area contributed by atoms with Crippen molar-refractivity contribution in [3.8, 4) is 22.6 Å². The molecule has 5 heteroatoms. The van der Waals surface area contributed by atoms with Gasteiger partial charge < -0.3 is 14.2 Å². The molecule has 0 unspecified atom stereocenters. The zero-order valence-corrected chi connectivity index (χ0v) is 18.8. The van der Waals surface area contributed by atoms with Gasteiger partial charge in [0.05, 0.1) is 12.0 Å². The number of benzene rings is 3. The Morgan fingerprint density at radius 1 is 0.848 bits per heavy atom. The SMILES string of the molecule is CCOc1ccc(-n2cc(-c3ccccc3)c3c(N(C)Cc4ccccc4)ncnc32)cc1. The molecular weight excluding hydrogens is 408 g/mol. The summed E-state index contributed by atoms with van der Waals surface area (Å²) < 4.78 is 7.76. The number of hydrogen-bond acceptors (Lipinski definition) is 4. The van der Waals surface area contributed by atoms with E-state index in [0.717, 1.165) is 46.0 Å². The second-order valence-electron chi connectivity index (χ2n) is 7.94. The molecule has 0 amide bonds. The van der Waals surface area contributed by atoms with Crippen molar-refractivity contribution in [2.75, 3.05) is 18.6 Å². The van der Waals surface area contributed by atoms with Gasteiger partial charge in [-0.15, -0.1) is 0 Å². The topological polar surface area (TPSA) is 43.2 Å². The van der Waals surface area contributed by atoms with Crippen molar-refractivity contribution < 1.29 is 4.74 Å². The number of ether oxygens (including phenoxy) is 1. The van der Waals surface area contributed by atoms with Crippen LogP contribution in [0.3, 0.4) is 0 Å². The Morgan fingerprint density at radius 2 is 1.55 bits per heavy atom. The number of hydrogen-bond donors (Lipinski definition) is 0. The second kappa shape index (κ2) is 9.17. The van der Waals surface area contributed by atoms with E-state index in [0.29, 0.717) is 6.61 Å². The van der Waals surface area contributed by atoms with Crippen molar-refractivity contribution in [2.24, 2.45) is 0 Å². The molecule has 0 saturated carbocycles. The van der Waals surface area contributed by atoms with Crippen LogP contribution in [0.5, 0.6) is 5.75 Å². The average molecular weight is 435 g/mol. The highest BCUT2D eigenvalue weighted by atomic mass is 16.5. The molecule has 0 bridgehead atoms. The molecule has 5 aromatic rings. The Kier molecular flexibility index (Phi) is 5.77. The van der Waals surface area contributed by atoms with Crippen LogP contribution in [0.1, 0.15) is 12.5 Å². The van der Waals surface area contributed by atoms with E-state index in [1.807, 2.05) is 31.2 Å². The number of anilines is 1. The smallest absolute Gasteiger partial charge is 0.150 e. The van der Waals surface area contributed by atoms with Gasteiger partial charge in [0.15, 0.2) is 5.65 Å². The van der Waals surface area contributed by atoms with Crippen LogP contribution in [0, 0.1) is 0 Å². The Balaban J connectivity index is 1.66. The molecule has 33 heavy (non-hydrogen) atoms. The summed E-state index contributed by atoms with van der Waals surface area (Å²) in [5.74, 6) is 1.77. The van der Waals surface area contributed by atoms with Crippen molar-refractivity contribution in [3.05, 3.63) is 103 Å². The van der Waals surface area contributed by atoms with Gasteiger partial charge in [0.1, 0.15) is 17.9 Å². The highest BCUT2D eigenvalue weighted by Gasteiger charge is 2.19. The fraction of sp³-hybridized carbons (Fsp3) is 0.143. The first kappa shape index (κ1) is 20.8. The fourth-order valence-corrected chi connectivity index (χ4v) is 4.17. The zero-order valence-electron chi connectivity index (χ0n) is 18.8. The van der Waals surface area contributed by atoms with Gasteiger partial charge in [-0.25, -0.2) is 9.97 Å². The molecule has 0 aliphatic carbocycles. The first-order valence-corrected chi connectivity index (χ1v) is 11.1. The van der Waals surface area contributed by atoms with E-state index in [1.54, 1.807) is 6.33 Å². The molecular formula is C28H26N4O. The number of fused-ring (bicyclic) bond motifs is 1. The van der Waals surface area contributed by atoms with Gasteiger partial charge >= 0.3 is 0 Å². The quantitative estimate of drug-likeness (QED) is 0.309. The Labute approximate surface area is 193 Å². The normalized spacial score (nSPS) is 11.0. The van der Waals surface area contributed by atoms with Crippen molar-refractivity contribution in [2.45, 2.75) is 13.5 Å². The van der Waals surface area contributed by atoms with E-state index in [2.05, 4.69) is 83.4 Å². The van der Waals surface area contributed by atoms with Crippen LogP contribution in [-0.2, 0) is 6.54 Å². The number of aromatic nitrogens is 3. The number of rotatable bonds is 7. The lowest BCUT2D eigenvalue weighted by Gasteiger charge is -2.19. The van der Waals surface area contributed by atoms with Crippen LogP contribution in [0.25, 0.3) is 27.8 Å². The van der Waals surface area contributed by atoms with Crippen LogP contribution in [0.2, 0.25) is 0 Å². The Morgan fingerprint density at radius 3 is 2.24 bits per heavy atom. The molecule has 0 spiro atoms. The summed E-state index contributed by atoms with van der Waals surface area (Å²) in [6.45, 7) is 3.40. The lowest BCUT2D eigenvalue weighted by atomic mass is 10.1. The van der Waals surface area contributed by atoms with Crippen LogP contribution in [0.15, 0.2) is 97.5 Å². The van der Waals surface area contributed by atoms with E-state index in [4.69, 9.17) is 14.7 Å². The van der Waals surface area contributed by atoms with Crippen molar-refractivity contribution in [1.82, 2.24) is 14.5 Å². The van der Waals surface area contributed by atoms with Gasteiger partial charge in [-0.1, -0.05) is 60.7 Å². The summed E-state index contributed by atoms with van der Waals surface area (Å²) in [6, 6.07) is 29.0. The largest absolute Gasteiger partial charge is 0.494 e. The first-order valence-electron chi connectivity index (χ1n) is 11.1. The molecule has 0 saturated heterocycles. The minimum absolute atomic E-state index is 0.647. The van der Waals surface area contributed by atoms with Crippen LogP contribution in [-0.4, -0.2) is 28.2 Å². The molecule has 0 radical (unpaired) electrons. The van der Waals surface area contributed by atoms with Gasteiger partial charge in [-0.2, -0.15) is 0 Å². The average Bonchev–Trinajstić information content (AvgIpc) is 3.26. The Hall–Kier alpha value is -4.12. The second-order valence-corrected chi connectivity index (χ2v) is 7.94. The molecule has 0 fully saturated rings. The van der Waals surface area contributed by atoms with E-state index in [1.165, 1.54) is 5.56 Å². The monoisotopic (exact) mass is 434 g/mol. The van der Waals surface area contributed by atoms with Crippen molar-refractivity contribution in [3.63, 3.8) is 0 Å². The molecule has 0 aliphatic heterocycles. The predicted molar refractivity (Wildman–Crippen MR) is 134 cm³/mol. The van der Waals surface area contributed by atoms with Gasteiger partial charge in [-0.3, -0.25) is 0 Å². The van der Waals surface area contributed by atoms with Crippen LogP contribution >= 0.6 is 0 Å². The van der Waals surface area contributed by atoms with Gasteiger partial charge in [0.25, 0.3) is 0 Å². The van der Waals surface area contributed by atoms with Gasteiger partial charge in [-0.05, 0) is 42.3 Å². The molecule has 0 atom stereocenters. The van der Waals surface area contributed by atoms with Crippen LogP contribution in [0.4, 0.5) is 5.82 Å². The fourth-order valence-electron chi connectivity index (χ4n) is 4.17. The minimum Gasteiger partial charge on any atom is -0.494 e. The third kappa shape index (κ3) is 4.17. The highest BCUT2D eigenvalue weighted by Crippen LogP contribution is 2.37. The minimum atomic E-state index is 0.647. The van der Waals surface area contributed by atoms with Crippen molar-refractivity contribution in [1.29, 1.82) is 0 Å².